The second-order valence-electron chi connectivity index (χ2n) is 10.7. The highest BCUT2D eigenvalue weighted by atomic mass is 79.9. The van der Waals surface area contributed by atoms with E-state index in [1.165, 1.54) is 55.3 Å². The van der Waals surface area contributed by atoms with E-state index in [-0.39, 0.29) is 40.0 Å². The summed E-state index contributed by atoms with van der Waals surface area (Å²) >= 11 is 7.79. The van der Waals surface area contributed by atoms with Gasteiger partial charge in [-0.15, -0.1) is 17.0 Å². The third kappa shape index (κ3) is 11.4. The highest BCUT2D eigenvalue weighted by molar-refractivity contribution is 8.93. The number of unbranched alkanes of at least 4 members (excludes halogenated alkanes) is 3. The molecule has 3 aromatic rings. The summed E-state index contributed by atoms with van der Waals surface area (Å²) in [6.45, 7) is 5.66. The molecule has 1 aliphatic rings. The molecule has 0 amide bonds. The fourth-order valence-corrected chi connectivity index (χ4v) is 5.75. The summed E-state index contributed by atoms with van der Waals surface area (Å²) in [4.78, 5) is 20.2. The van der Waals surface area contributed by atoms with Crippen LogP contribution in [0.3, 0.4) is 0 Å². The van der Waals surface area contributed by atoms with Gasteiger partial charge >= 0.3 is 5.69 Å². The van der Waals surface area contributed by atoms with Gasteiger partial charge < -0.3 is 24.6 Å². The largest absolute Gasteiger partial charge is 0.487 e. The predicted molar refractivity (Wildman–Crippen MR) is 192 cm³/mol. The molecule has 0 unspecified atom stereocenters. The molecular weight excluding hydrogens is 716 g/mol. The van der Waals surface area contributed by atoms with Crippen LogP contribution in [0.2, 0.25) is 5.02 Å². The van der Waals surface area contributed by atoms with Gasteiger partial charge in [-0.25, -0.2) is 13.8 Å². The molecule has 1 N–H and O–H groups in total. The summed E-state index contributed by atoms with van der Waals surface area (Å²) in [5, 5.41) is 14.9. The van der Waals surface area contributed by atoms with Crippen LogP contribution in [0.1, 0.15) is 38.2 Å². The van der Waals surface area contributed by atoms with E-state index in [2.05, 4.69) is 21.4 Å². The van der Waals surface area contributed by atoms with Gasteiger partial charge in [0.25, 0.3) is 0 Å². The lowest BCUT2D eigenvalue weighted by molar-refractivity contribution is -0.385. The molecule has 256 valence electrons. The number of benzene rings is 3. The van der Waals surface area contributed by atoms with E-state index in [1.54, 1.807) is 19.1 Å². The molecule has 0 aliphatic carbocycles. The molecular formula is C33H41BrClF2N5O4S. The zero-order valence-corrected chi connectivity index (χ0v) is 29.8. The molecule has 0 saturated carbocycles. The van der Waals surface area contributed by atoms with Crippen LogP contribution in [0, 0.1) is 21.7 Å². The third-order valence-corrected chi connectivity index (χ3v) is 8.47. The first-order valence-electron chi connectivity index (χ1n) is 15.4. The maximum atomic E-state index is 14.4. The van der Waals surface area contributed by atoms with E-state index in [9.17, 15) is 18.9 Å². The maximum absolute atomic E-state index is 14.4. The Morgan fingerprint density at radius 1 is 1.02 bits per heavy atom. The number of nitrogens with one attached hydrogen (secondary N) is 1. The number of thioether (sulfide) groups is 1. The molecule has 1 heterocycles. The van der Waals surface area contributed by atoms with E-state index in [1.807, 2.05) is 11.8 Å². The number of nitro benzene ring substituents is 1. The Morgan fingerprint density at radius 2 is 1.79 bits per heavy atom. The molecule has 14 heteroatoms. The van der Waals surface area contributed by atoms with Gasteiger partial charge in [-0.3, -0.25) is 10.1 Å². The summed E-state index contributed by atoms with van der Waals surface area (Å²) in [7, 11) is 0. The Labute approximate surface area is 294 Å². The monoisotopic (exact) mass is 755 g/mol. The topological polar surface area (TPSA) is 92.5 Å². The van der Waals surface area contributed by atoms with E-state index in [0.29, 0.717) is 55.8 Å². The number of rotatable bonds is 15. The maximum Gasteiger partial charge on any atom is 0.311 e. The minimum atomic E-state index is -0.554. The minimum absolute atomic E-state index is 0. The molecule has 1 aliphatic heterocycles. The van der Waals surface area contributed by atoms with E-state index < -0.39 is 16.6 Å². The number of halogens is 4. The van der Waals surface area contributed by atoms with Crippen LogP contribution in [0.5, 0.6) is 17.2 Å². The number of nitro groups is 1. The molecule has 9 nitrogen and oxygen atoms in total. The Balaban J connectivity index is 0.00000600. The lowest BCUT2D eigenvalue weighted by Gasteiger charge is -2.38. The van der Waals surface area contributed by atoms with E-state index in [4.69, 9.17) is 26.1 Å². The van der Waals surface area contributed by atoms with Gasteiger partial charge in [0.15, 0.2) is 11.7 Å². The van der Waals surface area contributed by atoms with E-state index >= 15 is 0 Å². The normalized spacial score (nSPS) is 13.3. The van der Waals surface area contributed by atoms with Crippen molar-refractivity contribution in [3.05, 3.63) is 86.9 Å². The van der Waals surface area contributed by atoms with Gasteiger partial charge in [0.05, 0.1) is 23.1 Å². The van der Waals surface area contributed by atoms with Gasteiger partial charge in [-0.05, 0) is 68.2 Å². The van der Waals surface area contributed by atoms with Crippen molar-refractivity contribution in [3.63, 3.8) is 0 Å². The van der Waals surface area contributed by atoms with Crippen molar-refractivity contribution in [1.29, 1.82) is 0 Å². The lowest BCUT2D eigenvalue weighted by Crippen LogP contribution is -2.52. The van der Waals surface area contributed by atoms with Gasteiger partial charge in [-0.1, -0.05) is 24.4 Å². The van der Waals surface area contributed by atoms with Crippen LogP contribution in [0.25, 0.3) is 0 Å². The van der Waals surface area contributed by atoms with Gasteiger partial charge in [0, 0.05) is 62.2 Å². The first-order valence-corrected chi connectivity index (χ1v) is 17.2. The fourth-order valence-electron chi connectivity index (χ4n) is 5.09. The molecule has 0 atom stereocenters. The molecule has 3 aromatic carbocycles. The minimum Gasteiger partial charge on any atom is -0.487 e. The predicted octanol–water partition coefficient (Wildman–Crippen LogP) is 8.49. The van der Waals surface area contributed by atoms with Crippen LogP contribution >= 0.6 is 40.3 Å². The number of hydrogen-bond donors (Lipinski definition) is 1. The number of nitrogens with zero attached hydrogens (tertiary/aromatic N) is 4. The number of aliphatic imine (C=N–C) groups is 1. The third-order valence-electron chi connectivity index (χ3n) is 7.48. The van der Waals surface area contributed by atoms with Crippen molar-refractivity contribution in [2.75, 3.05) is 56.2 Å². The second kappa shape index (κ2) is 19.5. The molecule has 0 aromatic heterocycles. The summed E-state index contributed by atoms with van der Waals surface area (Å²) < 4.78 is 39.5. The van der Waals surface area contributed by atoms with Crippen molar-refractivity contribution in [2.24, 2.45) is 4.99 Å². The smallest absolute Gasteiger partial charge is 0.311 e. The standard InChI is InChI=1S/C33H40ClF2N5O4S.BrH/c1-3-44-32-21-26(9-12-30(32)41(42)43)39-15-17-40(18-16-39)33(37-14-6-4-5-7-19-46-2)38-23-24-20-25(35)8-13-31(24)45-27-10-11-29(36)28(34)22-27;/h8-13,20-22H,3-7,14-19,23H2,1-2H3,(H,37,38);1H. The highest BCUT2D eigenvalue weighted by Gasteiger charge is 2.23. The Hall–Kier alpha value is -3.29. The summed E-state index contributed by atoms with van der Waals surface area (Å²) in [6, 6.07) is 13.2. The summed E-state index contributed by atoms with van der Waals surface area (Å²) in [5.41, 5.74) is 1.33. The summed E-state index contributed by atoms with van der Waals surface area (Å²) in [5.74, 6) is 1.88. The Kier molecular flexibility index (Phi) is 15.8. The van der Waals surface area contributed by atoms with Crippen LogP contribution in [-0.4, -0.2) is 67.1 Å². The number of ether oxygens (including phenoxy) is 2. The van der Waals surface area contributed by atoms with Crippen molar-refractivity contribution >= 4 is 57.7 Å². The number of anilines is 1. The Bertz CT molecular complexity index is 1500. The zero-order valence-electron chi connectivity index (χ0n) is 26.6. The van der Waals surface area contributed by atoms with Gasteiger partial charge in [0.2, 0.25) is 0 Å². The SMILES string of the molecule is Br.CCOc1cc(N2CCN(C(=NCc3cc(F)ccc3Oc3ccc(F)c(Cl)c3)NCCCCCCSC)CC2)ccc1[N+](=O)[O-]. The van der Waals surface area contributed by atoms with Crippen molar-refractivity contribution in [1.82, 2.24) is 10.2 Å². The molecule has 1 saturated heterocycles. The average Bonchev–Trinajstić information content (AvgIpc) is 3.05. The molecule has 0 spiro atoms. The molecule has 0 bridgehead atoms. The fraction of sp³-hybridized carbons (Fsp3) is 0.424. The van der Waals surface area contributed by atoms with Crippen molar-refractivity contribution in [2.45, 2.75) is 39.2 Å². The zero-order chi connectivity index (χ0) is 32.9. The van der Waals surface area contributed by atoms with Crippen molar-refractivity contribution in [3.8, 4) is 17.2 Å². The number of piperazine rings is 1. The quantitative estimate of drug-likeness (QED) is 0.0543. The summed E-state index contributed by atoms with van der Waals surface area (Å²) in [6.07, 6.45) is 6.59. The van der Waals surface area contributed by atoms with Crippen LogP contribution in [-0.2, 0) is 6.54 Å². The number of guanidine groups is 1. The number of hydrogen-bond acceptors (Lipinski definition) is 7. The second-order valence-corrected chi connectivity index (χ2v) is 12.1. The molecule has 47 heavy (non-hydrogen) atoms. The van der Waals surface area contributed by atoms with Gasteiger partial charge in [-0.2, -0.15) is 11.8 Å². The van der Waals surface area contributed by atoms with Crippen LogP contribution < -0.4 is 19.7 Å². The van der Waals surface area contributed by atoms with Gasteiger partial charge in [0.1, 0.15) is 23.1 Å². The first kappa shape index (κ1) is 38.2. The molecule has 1 fully saturated rings. The average molecular weight is 757 g/mol. The van der Waals surface area contributed by atoms with E-state index in [0.717, 1.165) is 30.8 Å². The molecule has 0 radical (unpaired) electrons. The molecule has 4 rings (SSSR count). The van der Waals surface area contributed by atoms with Crippen LogP contribution in [0.15, 0.2) is 59.6 Å². The first-order chi connectivity index (χ1) is 22.3. The Morgan fingerprint density at radius 3 is 2.49 bits per heavy atom. The van der Waals surface area contributed by atoms with Crippen LogP contribution in [0.4, 0.5) is 20.2 Å². The highest BCUT2D eigenvalue weighted by Crippen LogP contribution is 2.33. The lowest BCUT2D eigenvalue weighted by atomic mass is 10.2. The van der Waals surface area contributed by atoms with Crippen molar-refractivity contribution < 1.29 is 23.2 Å².